The molecule has 2 N–H and O–H groups in total. The van der Waals surface area contributed by atoms with Crippen molar-refractivity contribution in [3.63, 3.8) is 0 Å². The van der Waals surface area contributed by atoms with E-state index in [2.05, 4.69) is 6.58 Å². The zero-order valence-electron chi connectivity index (χ0n) is 10.5. The summed E-state index contributed by atoms with van der Waals surface area (Å²) in [6.07, 6.45) is 2.83. The largest absolute Gasteiger partial charge is 0.497 e. The Balaban J connectivity index is 2.63. The number of hydrogen-bond acceptors (Lipinski definition) is 3. The van der Waals surface area contributed by atoms with Gasteiger partial charge >= 0.3 is 0 Å². The second-order valence-electron chi connectivity index (χ2n) is 3.60. The minimum atomic E-state index is 0.231. The third-order valence-corrected chi connectivity index (χ3v) is 2.89. The summed E-state index contributed by atoms with van der Waals surface area (Å²) in [7, 11) is 1.62. The highest BCUT2D eigenvalue weighted by Crippen LogP contribution is 2.20. The lowest BCUT2D eigenvalue weighted by molar-refractivity contribution is 0.210. The first-order valence-electron chi connectivity index (χ1n) is 5.46. The van der Waals surface area contributed by atoms with Crippen molar-refractivity contribution in [1.29, 1.82) is 0 Å². The fraction of sp³-hybridized carbons (Fsp3) is 0.143. The van der Waals surface area contributed by atoms with Crippen molar-refractivity contribution in [1.82, 2.24) is 0 Å². The van der Waals surface area contributed by atoms with Crippen molar-refractivity contribution in [2.24, 2.45) is 5.73 Å². The van der Waals surface area contributed by atoms with Crippen LogP contribution in [0.4, 0.5) is 0 Å². The van der Waals surface area contributed by atoms with Crippen molar-refractivity contribution >= 4 is 23.2 Å². The first-order chi connectivity index (χ1) is 9.06. The lowest BCUT2D eigenvalue weighted by Gasteiger charge is -2.08. The quantitative estimate of drug-likeness (QED) is 0.640. The number of hydrogen-bond donors (Lipinski definition) is 1. The van der Waals surface area contributed by atoms with Crippen LogP contribution in [-0.2, 0) is 11.3 Å². The van der Waals surface area contributed by atoms with Crippen LogP contribution >= 0.6 is 23.2 Å². The van der Waals surface area contributed by atoms with Gasteiger partial charge in [0, 0.05) is 12.3 Å². The van der Waals surface area contributed by atoms with Crippen molar-refractivity contribution in [2.45, 2.75) is 6.61 Å². The Morgan fingerprint density at radius 1 is 1.32 bits per heavy atom. The average Bonchev–Trinajstić information content (AvgIpc) is 2.43. The summed E-state index contributed by atoms with van der Waals surface area (Å²) in [6.45, 7) is 3.87. The Morgan fingerprint density at radius 3 is 2.42 bits per heavy atom. The maximum atomic E-state index is 5.85. The van der Waals surface area contributed by atoms with E-state index in [-0.39, 0.29) is 10.1 Å². The van der Waals surface area contributed by atoms with Crippen molar-refractivity contribution in [3.05, 3.63) is 64.5 Å². The van der Waals surface area contributed by atoms with Crippen LogP contribution < -0.4 is 10.5 Å². The summed E-state index contributed by atoms with van der Waals surface area (Å²) < 4.78 is 10.6. The highest BCUT2D eigenvalue weighted by atomic mass is 35.5. The topological polar surface area (TPSA) is 44.5 Å². The van der Waals surface area contributed by atoms with Crippen LogP contribution in [0.2, 0.25) is 0 Å². The smallest absolute Gasteiger partial charge is 0.136 e. The van der Waals surface area contributed by atoms with Gasteiger partial charge in [0.15, 0.2) is 0 Å². The first kappa shape index (κ1) is 15.5. The van der Waals surface area contributed by atoms with Gasteiger partial charge in [-0.15, -0.1) is 0 Å². The molecule has 0 saturated carbocycles. The van der Waals surface area contributed by atoms with Crippen molar-refractivity contribution in [3.8, 4) is 5.75 Å². The molecule has 0 aliphatic rings. The Morgan fingerprint density at radius 2 is 1.95 bits per heavy atom. The minimum Gasteiger partial charge on any atom is -0.497 e. The molecule has 0 saturated heterocycles. The number of nitrogens with two attached hydrogens (primary N) is 1. The maximum absolute atomic E-state index is 5.85. The molecule has 0 radical (unpaired) electrons. The number of methoxy groups -OCH3 is 1. The van der Waals surface area contributed by atoms with Crippen LogP contribution in [0.1, 0.15) is 5.56 Å². The molecule has 19 heavy (non-hydrogen) atoms. The minimum absolute atomic E-state index is 0.231. The fourth-order valence-electron chi connectivity index (χ4n) is 1.23. The lowest BCUT2D eigenvalue weighted by atomic mass is 10.2. The SMILES string of the molecule is C=C(Cl)/C(Cl)=C\C(=C/N)OCc1ccc(OC)cc1. The zero-order valence-corrected chi connectivity index (χ0v) is 12.0. The molecule has 0 aromatic heterocycles. The molecule has 3 nitrogen and oxygen atoms in total. The Labute approximate surface area is 122 Å². The standard InChI is InChI=1S/C14H15Cl2NO2/c1-10(15)14(16)7-13(8-17)19-9-11-3-5-12(18-2)6-4-11/h3-8H,1,9,17H2,2H3/b13-8+,14-7+. The molecule has 0 bridgehead atoms. The third kappa shape index (κ3) is 5.28. The van der Waals surface area contributed by atoms with Gasteiger partial charge in [-0.1, -0.05) is 41.9 Å². The summed E-state index contributed by atoms with van der Waals surface area (Å²) in [5, 5.41) is 0.516. The van der Waals surface area contributed by atoms with E-state index >= 15 is 0 Å². The van der Waals surface area contributed by atoms with E-state index in [0.29, 0.717) is 12.4 Å². The molecule has 0 heterocycles. The van der Waals surface area contributed by atoms with E-state index < -0.39 is 0 Å². The van der Waals surface area contributed by atoms with Gasteiger partial charge in [-0.05, 0) is 17.7 Å². The Hall–Kier alpha value is -1.58. The molecule has 0 amide bonds. The molecule has 0 aliphatic heterocycles. The van der Waals surface area contributed by atoms with Crippen LogP contribution in [0.3, 0.4) is 0 Å². The van der Waals surface area contributed by atoms with Gasteiger partial charge < -0.3 is 15.2 Å². The molecule has 0 unspecified atom stereocenters. The number of allylic oxidation sites excluding steroid dienone is 3. The van der Waals surface area contributed by atoms with Crippen molar-refractivity contribution in [2.75, 3.05) is 7.11 Å². The third-order valence-electron chi connectivity index (χ3n) is 2.26. The van der Waals surface area contributed by atoms with Crippen LogP contribution in [0.15, 0.2) is 58.9 Å². The Kier molecular flexibility index (Phi) is 6.33. The van der Waals surface area contributed by atoms with Gasteiger partial charge in [0.2, 0.25) is 0 Å². The molecule has 102 valence electrons. The van der Waals surface area contributed by atoms with Crippen molar-refractivity contribution < 1.29 is 9.47 Å². The van der Waals surface area contributed by atoms with E-state index in [1.807, 2.05) is 24.3 Å². The average molecular weight is 300 g/mol. The molecule has 0 fully saturated rings. The number of ether oxygens (including phenoxy) is 2. The van der Waals surface area contributed by atoms with Crippen LogP contribution in [0, 0.1) is 0 Å². The number of rotatable bonds is 6. The molecule has 0 spiro atoms. The molecule has 1 rings (SSSR count). The summed E-state index contributed by atoms with van der Waals surface area (Å²) in [4.78, 5) is 0. The molecular formula is C14H15Cl2NO2. The van der Waals surface area contributed by atoms with Gasteiger partial charge in [-0.2, -0.15) is 0 Å². The molecule has 0 atom stereocenters. The van der Waals surface area contributed by atoms with E-state index in [4.69, 9.17) is 38.4 Å². The zero-order chi connectivity index (χ0) is 14.3. The van der Waals surface area contributed by atoms with E-state index in [0.717, 1.165) is 11.3 Å². The van der Waals surface area contributed by atoms with Gasteiger partial charge in [0.25, 0.3) is 0 Å². The molecule has 1 aromatic carbocycles. The molecular weight excluding hydrogens is 285 g/mol. The van der Waals surface area contributed by atoms with Crippen LogP contribution in [-0.4, -0.2) is 7.11 Å². The van der Waals surface area contributed by atoms with Gasteiger partial charge in [-0.3, -0.25) is 0 Å². The van der Waals surface area contributed by atoms with Gasteiger partial charge in [0.1, 0.15) is 18.1 Å². The van der Waals surface area contributed by atoms with Crippen LogP contribution in [0.5, 0.6) is 5.75 Å². The predicted molar refractivity (Wildman–Crippen MR) is 79.0 cm³/mol. The molecule has 0 aliphatic carbocycles. The predicted octanol–water partition coefficient (Wildman–Crippen LogP) is 3.89. The summed E-state index contributed by atoms with van der Waals surface area (Å²) >= 11 is 11.5. The fourth-order valence-corrected chi connectivity index (χ4v) is 1.39. The van der Waals surface area contributed by atoms with E-state index in [9.17, 15) is 0 Å². The first-order valence-corrected chi connectivity index (χ1v) is 6.22. The Bertz CT molecular complexity index is 493. The highest BCUT2D eigenvalue weighted by molar-refractivity contribution is 6.43. The second-order valence-corrected chi connectivity index (χ2v) is 4.47. The van der Waals surface area contributed by atoms with E-state index in [1.54, 1.807) is 7.11 Å². The van der Waals surface area contributed by atoms with E-state index in [1.165, 1.54) is 12.3 Å². The highest BCUT2D eigenvalue weighted by Gasteiger charge is 2.01. The lowest BCUT2D eigenvalue weighted by Crippen LogP contribution is -1.96. The summed E-state index contributed by atoms with van der Waals surface area (Å²) in [5.74, 6) is 1.21. The van der Waals surface area contributed by atoms with Crippen LogP contribution in [0.25, 0.3) is 0 Å². The maximum Gasteiger partial charge on any atom is 0.136 e. The number of halogens is 2. The monoisotopic (exact) mass is 299 g/mol. The van der Waals surface area contributed by atoms with Gasteiger partial charge in [-0.25, -0.2) is 0 Å². The second kappa shape index (κ2) is 7.77. The molecule has 1 aromatic rings. The molecule has 5 heteroatoms. The normalized spacial score (nSPS) is 12.2. The summed E-state index contributed by atoms with van der Waals surface area (Å²) in [5.41, 5.74) is 6.43. The number of benzene rings is 1. The summed E-state index contributed by atoms with van der Waals surface area (Å²) in [6, 6.07) is 7.51. The van der Waals surface area contributed by atoms with Gasteiger partial charge in [0.05, 0.1) is 17.2 Å².